The van der Waals surface area contributed by atoms with Gasteiger partial charge in [-0.05, 0) is 84.8 Å². The van der Waals surface area contributed by atoms with E-state index in [0.717, 1.165) is 59.9 Å². The maximum absolute atomic E-state index is 7.00. The standard InChI is InChI=1S/C55H32N2OS/c1-2-13-32(14-3-1)35-17-10-18-36(31-35)51-54-52(39-21-8-9-26-46(39)59-54)57-55(56-51)44-24-11-23-43-48-40(22-12-25-45(48)58-53(43)44)50-42-30-27-33-15-4-6-19-37(33)47(42)41-29-28-34-16-5-7-20-38(34)49(41)50/h1-31,50H. The number of fused-ring (bicyclic) bond motifs is 13. The van der Waals surface area contributed by atoms with Gasteiger partial charge in [-0.15, -0.1) is 11.3 Å². The predicted octanol–water partition coefficient (Wildman–Crippen LogP) is 15.2. The third-order valence-corrected chi connectivity index (χ3v) is 13.5. The SMILES string of the molecule is c1ccc(-c2cccc(-c3nc(-c4cccc5c4oc4cccc(C6c7ccc8ccccc8c7-c7ccc8ccccc8c76)c45)nc4c3sc3ccccc34)c2)cc1. The van der Waals surface area contributed by atoms with Gasteiger partial charge in [-0.25, -0.2) is 9.97 Å². The summed E-state index contributed by atoms with van der Waals surface area (Å²) >= 11 is 1.75. The second-order valence-corrected chi connectivity index (χ2v) is 16.6. The fraction of sp³-hybridized carbons (Fsp3) is 0.0182. The van der Waals surface area contributed by atoms with Gasteiger partial charge < -0.3 is 4.42 Å². The molecule has 3 nitrogen and oxygen atoms in total. The first-order valence-corrected chi connectivity index (χ1v) is 20.9. The zero-order chi connectivity index (χ0) is 38.6. The first-order chi connectivity index (χ1) is 29.3. The molecule has 0 N–H and O–H groups in total. The highest BCUT2D eigenvalue weighted by Crippen LogP contribution is 2.55. The quantitative estimate of drug-likeness (QED) is 0.179. The Kier molecular flexibility index (Phi) is 6.95. The van der Waals surface area contributed by atoms with Crippen LogP contribution in [0.2, 0.25) is 0 Å². The normalized spacial score (nSPS) is 13.6. The molecule has 1 aliphatic carbocycles. The summed E-state index contributed by atoms with van der Waals surface area (Å²) in [7, 11) is 0. The van der Waals surface area contributed by atoms with Gasteiger partial charge in [-0.3, -0.25) is 0 Å². The fourth-order valence-electron chi connectivity index (χ4n) is 9.81. The van der Waals surface area contributed by atoms with E-state index in [2.05, 4.69) is 188 Å². The van der Waals surface area contributed by atoms with Gasteiger partial charge in [-0.1, -0.05) is 164 Å². The summed E-state index contributed by atoms with van der Waals surface area (Å²) in [6.45, 7) is 0. The zero-order valence-electron chi connectivity index (χ0n) is 31.7. The largest absolute Gasteiger partial charge is 0.455 e. The molecule has 0 saturated heterocycles. The Morgan fingerprint density at radius 3 is 2.07 bits per heavy atom. The highest BCUT2D eigenvalue weighted by molar-refractivity contribution is 7.26. The lowest BCUT2D eigenvalue weighted by molar-refractivity contribution is 0.669. The van der Waals surface area contributed by atoms with Gasteiger partial charge in [0, 0.05) is 32.3 Å². The van der Waals surface area contributed by atoms with Gasteiger partial charge in [0.1, 0.15) is 11.2 Å². The van der Waals surface area contributed by atoms with Crippen molar-refractivity contribution in [1.82, 2.24) is 9.97 Å². The average molecular weight is 769 g/mol. The Morgan fingerprint density at radius 1 is 0.475 bits per heavy atom. The van der Waals surface area contributed by atoms with Crippen LogP contribution in [0.1, 0.15) is 22.6 Å². The molecule has 1 atom stereocenters. The van der Waals surface area contributed by atoms with Gasteiger partial charge >= 0.3 is 0 Å². The van der Waals surface area contributed by atoms with Crippen molar-refractivity contribution in [3.8, 4) is 44.9 Å². The number of thiophene rings is 1. The summed E-state index contributed by atoms with van der Waals surface area (Å²) in [5, 5.41) is 8.41. The number of aromatic nitrogens is 2. The third kappa shape index (κ3) is 4.81. The van der Waals surface area contributed by atoms with Crippen molar-refractivity contribution in [2.75, 3.05) is 0 Å². The number of para-hydroxylation sites is 1. The molecule has 0 radical (unpaired) electrons. The van der Waals surface area contributed by atoms with Crippen LogP contribution in [-0.2, 0) is 0 Å². The van der Waals surface area contributed by atoms with Crippen molar-refractivity contribution in [3.63, 3.8) is 0 Å². The molecular weight excluding hydrogens is 737 g/mol. The van der Waals surface area contributed by atoms with E-state index in [0.29, 0.717) is 5.82 Å². The number of furan rings is 1. The maximum Gasteiger partial charge on any atom is 0.164 e. The highest BCUT2D eigenvalue weighted by Gasteiger charge is 2.35. The van der Waals surface area contributed by atoms with Gasteiger partial charge in [0.05, 0.1) is 21.5 Å². The molecule has 0 fully saturated rings. The van der Waals surface area contributed by atoms with Crippen LogP contribution in [0.4, 0.5) is 0 Å². The number of hydrogen-bond acceptors (Lipinski definition) is 4. The van der Waals surface area contributed by atoms with Gasteiger partial charge in [0.15, 0.2) is 5.82 Å². The van der Waals surface area contributed by atoms with E-state index >= 15 is 0 Å². The lowest BCUT2D eigenvalue weighted by Crippen LogP contribution is -2.01. The molecule has 0 saturated carbocycles. The minimum atomic E-state index is 0.0112. The van der Waals surface area contributed by atoms with Gasteiger partial charge in [0.25, 0.3) is 0 Å². The van der Waals surface area contributed by atoms with E-state index in [1.807, 2.05) is 0 Å². The Balaban J connectivity index is 1.06. The van der Waals surface area contributed by atoms with E-state index in [4.69, 9.17) is 14.4 Å². The molecule has 1 aliphatic rings. The highest BCUT2D eigenvalue weighted by atomic mass is 32.1. The van der Waals surface area contributed by atoms with Crippen molar-refractivity contribution in [1.29, 1.82) is 0 Å². The van der Waals surface area contributed by atoms with Crippen molar-refractivity contribution in [2.45, 2.75) is 5.92 Å². The number of benzene rings is 9. The smallest absolute Gasteiger partial charge is 0.164 e. The molecular formula is C55H32N2OS. The molecule has 0 aliphatic heterocycles. The molecule has 0 spiro atoms. The Hall–Kier alpha value is -7.40. The molecule has 3 heterocycles. The summed E-state index contributed by atoms with van der Waals surface area (Å²) < 4.78 is 9.27. The predicted molar refractivity (Wildman–Crippen MR) is 246 cm³/mol. The maximum atomic E-state index is 7.00. The third-order valence-electron chi connectivity index (χ3n) is 12.4. The lowest BCUT2D eigenvalue weighted by atomic mass is 9.84. The number of hydrogen-bond donors (Lipinski definition) is 0. The van der Waals surface area contributed by atoms with Crippen LogP contribution in [0.3, 0.4) is 0 Å². The van der Waals surface area contributed by atoms with Crippen LogP contribution in [0, 0.1) is 0 Å². The Morgan fingerprint density at radius 2 is 1.17 bits per heavy atom. The zero-order valence-corrected chi connectivity index (χ0v) is 32.5. The lowest BCUT2D eigenvalue weighted by Gasteiger charge is -2.18. The van der Waals surface area contributed by atoms with E-state index in [1.165, 1.54) is 59.6 Å². The van der Waals surface area contributed by atoms with Crippen LogP contribution < -0.4 is 0 Å². The molecule has 4 heteroatoms. The molecule has 13 rings (SSSR count). The van der Waals surface area contributed by atoms with Gasteiger partial charge in [-0.2, -0.15) is 0 Å². The molecule has 12 aromatic rings. The number of nitrogens with zero attached hydrogens (tertiary/aromatic N) is 2. The Bertz CT molecular complexity index is 3690. The minimum Gasteiger partial charge on any atom is -0.455 e. The minimum absolute atomic E-state index is 0.0112. The van der Waals surface area contributed by atoms with E-state index in [-0.39, 0.29) is 5.92 Å². The van der Waals surface area contributed by atoms with Crippen molar-refractivity contribution in [2.24, 2.45) is 0 Å². The van der Waals surface area contributed by atoms with Crippen molar-refractivity contribution < 1.29 is 4.42 Å². The van der Waals surface area contributed by atoms with Crippen LogP contribution in [0.25, 0.3) is 109 Å². The second kappa shape index (κ2) is 12.5. The average Bonchev–Trinajstić information content (AvgIpc) is 3.99. The fourth-order valence-corrected chi connectivity index (χ4v) is 11.0. The molecule has 0 bridgehead atoms. The molecule has 59 heavy (non-hydrogen) atoms. The first kappa shape index (κ1) is 32.7. The summed E-state index contributed by atoms with van der Waals surface area (Å²) in [5.74, 6) is 0.665. The molecule has 274 valence electrons. The van der Waals surface area contributed by atoms with Crippen molar-refractivity contribution in [3.05, 3.63) is 205 Å². The summed E-state index contributed by atoms with van der Waals surface area (Å²) in [4.78, 5) is 10.8. The van der Waals surface area contributed by atoms with Gasteiger partial charge in [0.2, 0.25) is 0 Å². The van der Waals surface area contributed by atoms with Crippen LogP contribution in [-0.4, -0.2) is 9.97 Å². The van der Waals surface area contributed by atoms with E-state index in [1.54, 1.807) is 11.3 Å². The van der Waals surface area contributed by atoms with Crippen molar-refractivity contribution >= 4 is 75.1 Å². The number of rotatable bonds is 4. The van der Waals surface area contributed by atoms with E-state index < -0.39 is 0 Å². The first-order valence-electron chi connectivity index (χ1n) is 20.1. The summed E-state index contributed by atoms with van der Waals surface area (Å²) in [5.41, 5.74) is 14.4. The van der Waals surface area contributed by atoms with Crippen LogP contribution >= 0.6 is 11.3 Å². The Labute approximate surface area is 343 Å². The molecule has 9 aromatic carbocycles. The van der Waals surface area contributed by atoms with E-state index in [9.17, 15) is 0 Å². The van der Waals surface area contributed by atoms with Crippen LogP contribution in [0.5, 0.6) is 0 Å². The second-order valence-electron chi connectivity index (χ2n) is 15.6. The molecule has 3 aromatic heterocycles. The van der Waals surface area contributed by atoms with Crippen LogP contribution in [0.15, 0.2) is 192 Å². The monoisotopic (exact) mass is 768 g/mol. The molecule has 1 unspecified atom stereocenters. The summed E-state index contributed by atoms with van der Waals surface area (Å²) in [6.07, 6.45) is 0. The topological polar surface area (TPSA) is 38.9 Å². The molecule has 0 amide bonds. The summed E-state index contributed by atoms with van der Waals surface area (Å²) in [6, 6.07) is 67.7.